The van der Waals surface area contributed by atoms with Gasteiger partial charge in [0.05, 0.1) is 11.9 Å². The van der Waals surface area contributed by atoms with Gasteiger partial charge in [0, 0.05) is 25.2 Å². The van der Waals surface area contributed by atoms with E-state index in [1.807, 2.05) is 63.2 Å². The highest BCUT2D eigenvalue weighted by Crippen LogP contribution is 2.48. The number of benzene rings is 2. The number of aliphatic hydroxyl groups is 1. The zero-order chi connectivity index (χ0) is 17.5. The van der Waals surface area contributed by atoms with Crippen molar-refractivity contribution in [3.05, 3.63) is 59.7 Å². The fourth-order valence-electron chi connectivity index (χ4n) is 3.34. The van der Waals surface area contributed by atoms with Gasteiger partial charge in [-0.1, -0.05) is 49.7 Å². The summed E-state index contributed by atoms with van der Waals surface area (Å²) in [5, 5.41) is 17.7. The van der Waals surface area contributed by atoms with Gasteiger partial charge in [-0.2, -0.15) is 5.10 Å². The topological polar surface area (TPSA) is 39.1 Å². The molecule has 4 nitrogen and oxygen atoms in total. The molecule has 0 bridgehead atoms. The van der Waals surface area contributed by atoms with Gasteiger partial charge in [-0.3, -0.25) is 5.01 Å². The van der Waals surface area contributed by atoms with Crippen LogP contribution >= 0.6 is 0 Å². The van der Waals surface area contributed by atoms with Crippen LogP contribution in [-0.2, 0) is 5.41 Å². The van der Waals surface area contributed by atoms with E-state index in [2.05, 4.69) is 30.2 Å². The zero-order valence-corrected chi connectivity index (χ0v) is 15.0. The number of anilines is 2. The van der Waals surface area contributed by atoms with Crippen molar-refractivity contribution in [3.8, 4) is 0 Å². The lowest BCUT2D eigenvalue weighted by atomic mass is 9.78. The Hall–Kier alpha value is -2.33. The minimum absolute atomic E-state index is 0.462. The van der Waals surface area contributed by atoms with E-state index in [0.29, 0.717) is 0 Å². The lowest BCUT2D eigenvalue weighted by Gasteiger charge is -2.38. The van der Waals surface area contributed by atoms with E-state index in [4.69, 9.17) is 0 Å². The van der Waals surface area contributed by atoms with Crippen molar-refractivity contribution in [2.75, 3.05) is 24.0 Å². The fourth-order valence-corrected chi connectivity index (χ4v) is 3.34. The largest absolute Gasteiger partial charge is 0.365 e. The van der Waals surface area contributed by atoms with Crippen LogP contribution in [0.4, 0.5) is 11.4 Å². The van der Waals surface area contributed by atoms with Crippen molar-refractivity contribution < 1.29 is 5.11 Å². The lowest BCUT2D eigenvalue weighted by Crippen LogP contribution is -2.56. The highest BCUT2D eigenvalue weighted by molar-refractivity contribution is 5.83. The minimum Gasteiger partial charge on any atom is -0.365 e. The molecule has 0 saturated heterocycles. The second-order valence-corrected chi connectivity index (χ2v) is 7.03. The Morgan fingerprint density at radius 2 is 1.71 bits per heavy atom. The molecule has 1 atom stereocenters. The fraction of sp³-hybridized carbons (Fsp3) is 0.350. The van der Waals surface area contributed by atoms with E-state index in [1.165, 1.54) is 5.56 Å². The Balaban J connectivity index is 1.92. The van der Waals surface area contributed by atoms with Crippen molar-refractivity contribution in [2.24, 2.45) is 5.10 Å². The van der Waals surface area contributed by atoms with Crippen LogP contribution in [0.3, 0.4) is 0 Å². The Morgan fingerprint density at radius 3 is 2.33 bits per heavy atom. The molecular formula is C20H25N3O. The quantitative estimate of drug-likeness (QED) is 0.694. The number of hydrazone groups is 1. The van der Waals surface area contributed by atoms with E-state index in [-0.39, 0.29) is 0 Å². The molecule has 0 saturated carbocycles. The average Bonchev–Trinajstić information content (AvgIpc) is 2.73. The minimum atomic E-state index is -1.18. The highest BCUT2D eigenvalue weighted by atomic mass is 16.3. The van der Waals surface area contributed by atoms with E-state index in [1.54, 1.807) is 11.2 Å². The maximum atomic E-state index is 11.4. The van der Waals surface area contributed by atoms with Gasteiger partial charge in [-0.15, -0.1) is 0 Å². The third-order valence-electron chi connectivity index (χ3n) is 5.19. The van der Waals surface area contributed by atoms with Gasteiger partial charge in [0.2, 0.25) is 0 Å². The summed E-state index contributed by atoms with van der Waals surface area (Å²) < 4.78 is 0. The Kier molecular flexibility index (Phi) is 3.88. The van der Waals surface area contributed by atoms with Crippen molar-refractivity contribution in [2.45, 2.75) is 31.9 Å². The van der Waals surface area contributed by atoms with Gasteiger partial charge < -0.3 is 10.0 Å². The standard InChI is InChI=1S/C20H25N3O/c1-15-10-12-16(13-11-15)23(5)21-14-20(24)19(2,3)17-8-6-7-9-18(17)22(20)4/h6-14,24H,1-5H3/b21-14-. The summed E-state index contributed by atoms with van der Waals surface area (Å²) in [7, 11) is 3.80. The number of hydrogen-bond acceptors (Lipinski definition) is 4. The normalized spacial score (nSPS) is 22.0. The number of hydrogen-bond donors (Lipinski definition) is 1. The first-order valence-corrected chi connectivity index (χ1v) is 8.18. The second-order valence-electron chi connectivity index (χ2n) is 7.03. The predicted molar refractivity (Wildman–Crippen MR) is 101 cm³/mol. The first-order valence-electron chi connectivity index (χ1n) is 8.18. The van der Waals surface area contributed by atoms with Crippen LogP contribution in [0.15, 0.2) is 53.6 Å². The predicted octanol–water partition coefficient (Wildman–Crippen LogP) is 3.53. The molecule has 24 heavy (non-hydrogen) atoms. The summed E-state index contributed by atoms with van der Waals surface area (Å²) >= 11 is 0. The molecule has 0 aromatic heterocycles. The molecule has 0 spiro atoms. The molecule has 0 aliphatic carbocycles. The summed E-state index contributed by atoms with van der Waals surface area (Å²) in [5.41, 5.74) is 2.71. The molecule has 1 N–H and O–H groups in total. The molecule has 2 aromatic rings. The van der Waals surface area contributed by atoms with Gasteiger partial charge in [-0.25, -0.2) is 0 Å². The van der Waals surface area contributed by atoms with Gasteiger partial charge >= 0.3 is 0 Å². The maximum Gasteiger partial charge on any atom is 0.185 e. The highest BCUT2D eigenvalue weighted by Gasteiger charge is 2.54. The first kappa shape index (κ1) is 16.5. The number of aryl methyl sites for hydroxylation is 1. The monoisotopic (exact) mass is 323 g/mol. The molecule has 0 radical (unpaired) electrons. The van der Waals surface area contributed by atoms with Crippen LogP contribution in [0.25, 0.3) is 0 Å². The molecule has 1 aliphatic rings. The van der Waals surface area contributed by atoms with Crippen LogP contribution in [0.5, 0.6) is 0 Å². The third-order valence-corrected chi connectivity index (χ3v) is 5.19. The lowest BCUT2D eigenvalue weighted by molar-refractivity contribution is 0.0585. The maximum absolute atomic E-state index is 11.4. The van der Waals surface area contributed by atoms with Crippen molar-refractivity contribution in [1.29, 1.82) is 0 Å². The Labute approximate surface area is 144 Å². The first-order chi connectivity index (χ1) is 11.3. The van der Waals surface area contributed by atoms with E-state index in [9.17, 15) is 5.11 Å². The number of fused-ring (bicyclic) bond motifs is 1. The van der Waals surface area contributed by atoms with Gasteiger partial charge in [0.15, 0.2) is 5.72 Å². The molecule has 1 heterocycles. The van der Waals surface area contributed by atoms with Crippen molar-refractivity contribution in [1.82, 2.24) is 0 Å². The van der Waals surface area contributed by atoms with Crippen LogP contribution in [0.1, 0.15) is 25.0 Å². The van der Waals surface area contributed by atoms with Gasteiger partial charge in [0.25, 0.3) is 0 Å². The summed E-state index contributed by atoms with van der Waals surface area (Å²) in [4.78, 5) is 1.90. The molecular weight excluding hydrogens is 298 g/mol. The number of rotatable bonds is 3. The van der Waals surface area contributed by atoms with Crippen molar-refractivity contribution in [3.63, 3.8) is 0 Å². The number of likely N-dealkylation sites (N-methyl/N-ethyl adjacent to an activating group) is 1. The number of para-hydroxylation sites is 1. The summed E-state index contributed by atoms with van der Waals surface area (Å²) in [5.74, 6) is 0. The van der Waals surface area contributed by atoms with Crippen LogP contribution in [-0.4, -0.2) is 31.1 Å². The zero-order valence-electron chi connectivity index (χ0n) is 15.0. The number of nitrogens with zero attached hydrogens (tertiary/aromatic N) is 3. The van der Waals surface area contributed by atoms with Crippen LogP contribution in [0.2, 0.25) is 0 Å². The van der Waals surface area contributed by atoms with E-state index < -0.39 is 11.1 Å². The Morgan fingerprint density at radius 1 is 1.08 bits per heavy atom. The molecule has 1 unspecified atom stereocenters. The molecule has 2 aromatic carbocycles. The van der Waals surface area contributed by atoms with Crippen molar-refractivity contribution >= 4 is 17.6 Å². The van der Waals surface area contributed by atoms with Crippen LogP contribution in [0, 0.1) is 6.92 Å². The van der Waals surface area contributed by atoms with E-state index >= 15 is 0 Å². The third kappa shape index (κ3) is 2.38. The van der Waals surface area contributed by atoms with Gasteiger partial charge in [-0.05, 0) is 30.7 Å². The van der Waals surface area contributed by atoms with E-state index in [0.717, 1.165) is 16.9 Å². The van der Waals surface area contributed by atoms with Crippen LogP contribution < -0.4 is 9.91 Å². The molecule has 0 amide bonds. The molecule has 1 aliphatic heterocycles. The second kappa shape index (κ2) is 5.64. The Bertz CT molecular complexity index is 767. The summed E-state index contributed by atoms with van der Waals surface area (Å²) in [6.45, 7) is 6.16. The SMILES string of the molecule is Cc1ccc(N(C)/N=C\C2(O)N(C)c3ccccc3C2(C)C)cc1. The molecule has 0 fully saturated rings. The molecule has 4 heteroatoms. The van der Waals surface area contributed by atoms with Gasteiger partial charge in [0.1, 0.15) is 0 Å². The summed E-state index contributed by atoms with van der Waals surface area (Å²) in [6.07, 6.45) is 1.65. The smallest absolute Gasteiger partial charge is 0.185 e. The molecule has 3 rings (SSSR count). The summed E-state index contributed by atoms with van der Waals surface area (Å²) in [6, 6.07) is 16.3. The molecule has 126 valence electrons. The average molecular weight is 323 g/mol.